The molecule has 2 N–H and O–H groups in total. The summed E-state index contributed by atoms with van der Waals surface area (Å²) in [5, 5.41) is 0. The minimum Gasteiger partial charge on any atom is -0.496 e. The first-order valence-electron chi connectivity index (χ1n) is 6.87. The molecule has 1 unspecified atom stereocenters. The van der Waals surface area contributed by atoms with Gasteiger partial charge < -0.3 is 15.2 Å². The first-order chi connectivity index (χ1) is 9.76. The topological polar surface area (TPSA) is 47.7 Å². The van der Waals surface area contributed by atoms with E-state index in [1.54, 1.807) is 14.2 Å². The zero-order chi connectivity index (χ0) is 14.4. The van der Waals surface area contributed by atoms with Crippen molar-refractivity contribution in [2.45, 2.75) is 19.1 Å². The van der Waals surface area contributed by atoms with E-state index in [1.165, 1.54) is 0 Å². The summed E-state index contributed by atoms with van der Waals surface area (Å²) >= 11 is 0. The predicted molar refractivity (Wildman–Crippen MR) is 79.6 cm³/mol. The fraction of sp³-hybridized carbons (Fsp3) is 0.500. The van der Waals surface area contributed by atoms with Crippen molar-refractivity contribution in [3.8, 4) is 17.6 Å². The van der Waals surface area contributed by atoms with Crippen LogP contribution in [0, 0.1) is 11.8 Å². The smallest absolute Gasteiger partial charge is 0.123 e. The van der Waals surface area contributed by atoms with Gasteiger partial charge in [0.1, 0.15) is 5.75 Å². The Hall–Kier alpha value is -1.54. The molecule has 1 aromatic carbocycles. The van der Waals surface area contributed by atoms with Crippen LogP contribution in [0.2, 0.25) is 0 Å². The zero-order valence-corrected chi connectivity index (χ0v) is 12.2. The number of ether oxygens (including phenoxy) is 2. The lowest BCUT2D eigenvalue weighted by molar-refractivity contribution is 0.107. The van der Waals surface area contributed by atoms with Crippen LogP contribution in [-0.2, 0) is 11.3 Å². The lowest BCUT2D eigenvalue weighted by Crippen LogP contribution is -2.22. The molecule has 0 radical (unpaired) electrons. The van der Waals surface area contributed by atoms with Crippen LogP contribution in [0.15, 0.2) is 18.2 Å². The molecule has 0 amide bonds. The van der Waals surface area contributed by atoms with E-state index in [9.17, 15) is 0 Å². The Morgan fingerprint density at radius 1 is 1.40 bits per heavy atom. The highest BCUT2D eigenvalue weighted by Crippen LogP contribution is 2.23. The normalized spacial score (nSPS) is 18.6. The molecule has 4 heteroatoms. The second-order valence-corrected chi connectivity index (χ2v) is 4.91. The summed E-state index contributed by atoms with van der Waals surface area (Å²) < 4.78 is 10.8. The molecule has 4 nitrogen and oxygen atoms in total. The SMILES string of the molecule is COc1ccc(C#CCN)cc1CN1CCC(OC)C1. The van der Waals surface area contributed by atoms with Gasteiger partial charge in [0, 0.05) is 37.9 Å². The molecule has 0 bridgehead atoms. The van der Waals surface area contributed by atoms with Crippen LogP contribution in [-0.4, -0.2) is 44.9 Å². The molecule has 0 aromatic heterocycles. The molecule has 0 aliphatic carbocycles. The molecule has 0 saturated carbocycles. The number of likely N-dealkylation sites (tertiary alicyclic amines) is 1. The summed E-state index contributed by atoms with van der Waals surface area (Å²) in [6.45, 7) is 3.27. The second kappa shape index (κ2) is 7.30. The van der Waals surface area contributed by atoms with E-state index in [1.807, 2.05) is 12.1 Å². The molecular formula is C16H22N2O2. The molecule has 1 aliphatic rings. The summed E-state index contributed by atoms with van der Waals surface area (Å²) in [7, 11) is 3.48. The monoisotopic (exact) mass is 274 g/mol. The second-order valence-electron chi connectivity index (χ2n) is 4.91. The average Bonchev–Trinajstić information content (AvgIpc) is 2.93. The maximum Gasteiger partial charge on any atom is 0.123 e. The van der Waals surface area contributed by atoms with Crippen molar-refractivity contribution in [3.63, 3.8) is 0 Å². The number of methoxy groups -OCH3 is 2. The van der Waals surface area contributed by atoms with Gasteiger partial charge in [0.2, 0.25) is 0 Å². The van der Waals surface area contributed by atoms with E-state index < -0.39 is 0 Å². The van der Waals surface area contributed by atoms with Crippen molar-refractivity contribution in [1.29, 1.82) is 0 Å². The molecule has 1 saturated heterocycles. The molecule has 1 fully saturated rings. The fourth-order valence-electron chi connectivity index (χ4n) is 2.51. The molecule has 20 heavy (non-hydrogen) atoms. The molecule has 0 spiro atoms. The summed E-state index contributed by atoms with van der Waals surface area (Å²) in [6, 6.07) is 6.02. The van der Waals surface area contributed by atoms with Gasteiger partial charge in [0.15, 0.2) is 0 Å². The number of hydrogen-bond acceptors (Lipinski definition) is 4. The van der Waals surface area contributed by atoms with E-state index in [0.29, 0.717) is 12.6 Å². The number of rotatable bonds is 4. The van der Waals surface area contributed by atoms with E-state index >= 15 is 0 Å². The van der Waals surface area contributed by atoms with Crippen molar-refractivity contribution < 1.29 is 9.47 Å². The highest BCUT2D eigenvalue weighted by molar-refractivity contribution is 5.44. The third kappa shape index (κ3) is 3.73. The minimum atomic E-state index is 0.348. The number of nitrogens with zero attached hydrogens (tertiary/aromatic N) is 1. The van der Waals surface area contributed by atoms with Crippen molar-refractivity contribution in [3.05, 3.63) is 29.3 Å². The van der Waals surface area contributed by atoms with Gasteiger partial charge in [-0.05, 0) is 24.6 Å². The van der Waals surface area contributed by atoms with Gasteiger partial charge in [0.05, 0.1) is 19.8 Å². The number of benzene rings is 1. The lowest BCUT2D eigenvalue weighted by atomic mass is 10.1. The Bertz CT molecular complexity index is 505. The van der Waals surface area contributed by atoms with E-state index in [2.05, 4.69) is 22.8 Å². The lowest BCUT2D eigenvalue weighted by Gasteiger charge is -2.17. The van der Waals surface area contributed by atoms with E-state index in [-0.39, 0.29) is 0 Å². The van der Waals surface area contributed by atoms with Crippen molar-refractivity contribution in [1.82, 2.24) is 4.90 Å². The first kappa shape index (κ1) is 14.9. The van der Waals surface area contributed by atoms with Gasteiger partial charge in [-0.2, -0.15) is 0 Å². The van der Waals surface area contributed by atoms with Crippen molar-refractivity contribution in [2.24, 2.45) is 5.73 Å². The largest absolute Gasteiger partial charge is 0.496 e. The van der Waals surface area contributed by atoms with Crippen LogP contribution < -0.4 is 10.5 Å². The van der Waals surface area contributed by atoms with Crippen LogP contribution in [0.3, 0.4) is 0 Å². The van der Waals surface area contributed by atoms with E-state index in [4.69, 9.17) is 15.2 Å². The maximum atomic E-state index is 5.44. The Kier molecular flexibility index (Phi) is 5.42. The van der Waals surface area contributed by atoms with Gasteiger partial charge in [-0.1, -0.05) is 11.8 Å². The Morgan fingerprint density at radius 2 is 2.25 bits per heavy atom. The maximum absolute atomic E-state index is 5.44. The van der Waals surface area contributed by atoms with Crippen LogP contribution in [0.4, 0.5) is 0 Å². The Labute approximate surface area is 120 Å². The highest BCUT2D eigenvalue weighted by atomic mass is 16.5. The Morgan fingerprint density at radius 3 is 2.90 bits per heavy atom. The molecule has 1 aliphatic heterocycles. The standard InChI is InChI=1S/C16H22N2O2/c1-19-15-7-9-18(12-15)11-14-10-13(4-3-8-17)5-6-16(14)20-2/h5-6,10,15H,7-9,11-12,17H2,1-2H3. The van der Waals surface area contributed by atoms with E-state index in [0.717, 1.165) is 42.9 Å². The molecule has 1 heterocycles. The summed E-state index contributed by atoms with van der Waals surface area (Å²) in [5.74, 6) is 6.86. The summed E-state index contributed by atoms with van der Waals surface area (Å²) in [6.07, 6.45) is 1.44. The van der Waals surface area contributed by atoms with Crippen LogP contribution in [0.1, 0.15) is 17.5 Å². The number of nitrogens with two attached hydrogens (primary N) is 1. The summed E-state index contributed by atoms with van der Waals surface area (Å²) in [5.41, 5.74) is 7.55. The molecule has 2 rings (SSSR count). The quantitative estimate of drug-likeness (QED) is 0.839. The highest BCUT2D eigenvalue weighted by Gasteiger charge is 2.22. The molecule has 108 valence electrons. The summed E-state index contributed by atoms with van der Waals surface area (Å²) in [4.78, 5) is 2.38. The Balaban J connectivity index is 2.12. The predicted octanol–water partition coefficient (Wildman–Crippen LogP) is 1.23. The fourth-order valence-corrected chi connectivity index (χ4v) is 2.51. The average molecular weight is 274 g/mol. The van der Waals surface area contributed by atoms with Crippen LogP contribution >= 0.6 is 0 Å². The molecule has 1 atom stereocenters. The molecule has 1 aromatic rings. The van der Waals surface area contributed by atoms with Crippen molar-refractivity contribution in [2.75, 3.05) is 33.9 Å². The molecular weight excluding hydrogens is 252 g/mol. The van der Waals surface area contributed by atoms with Gasteiger partial charge in [0.25, 0.3) is 0 Å². The van der Waals surface area contributed by atoms with Crippen molar-refractivity contribution >= 4 is 0 Å². The van der Waals surface area contributed by atoms with Crippen LogP contribution in [0.5, 0.6) is 5.75 Å². The third-order valence-electron chi connectivity index (χ3n) is 3.57. The van der Waals surface area contributed by atoms with Gasteiger partial charge in [-0.3, -0.25) is 4.90 Å². The van der Waals surface area contributed by atoms with Crippen LogP contribution in [0.25, 0.3) is 0 Å². The van der Waals surface area contributed by atoms with Gasteiger partial charge in [-0.25, -0.2) is 0 Å². The van der Waals surface area contributed by atoms with Gasteiger partial charge in [-0.15, -0.1) is 0 Å². The van der Waals surface area contributed by atoms with Gasteiger partial charge >= 0.3 is 0 Å². The number of hydrogen-bond donors (Lipinski definition) is 1. The first-order valence-corrected chi connectivity index (χ1v) is 6.87. The zero-order valence-electron chi connectivity index (χ0n) is 12.2. The minimum absolute atomic E-state index is 0.348. The third-order valence-corrected chi connectivity index (χ3v) is 3.57.